The van der Waals surface area contributed by atoms with Crippen molar-refractivity contribution in [2.45, 2.75) is 33.1 Å². The highest BCUT2D eigenvalue weighted by molar-refractivity contribution is 5.88. The first-order chi connectivity index (χ1) is 8.86. The van der Waals surface area contributed by atoms with Crippen molar-refractivity contribution in [2.24, 2.45) is 17.8 Å². The molecule has 3 atom stereocenters. The van der Waals surface area contributed by atoms with E-state index in [0.29, 0.717) is 6.42 Å². The molecule has 0 aliphatic heterocycles. The van der Waals surface area contributed by atoms with Crippen molar-refractivity contribution in [1.29, 1.82) is 0 Å². The Balaban J connectivity index is 2.69. The third-order valence-corrected chi connectivity index (χ3v) is 3.86. The van der Waals surface area contributed by atoms with E-state index in [2.05, 4.69) is 11.7 Å². The Bertz CT molecular complexity index is 361. The summed E-state index contributed by atoms with van der Waals surface area (Å²) in [5.74, 6) is -0.272. The molecule has 0 saturated heterocycles. The van der Waals surface area contributed by atoms with Gasteiger partial charge in [0.15, 0.2) is 0 Å². The normalized spacial score (nSPS) is 27.1. The number of esters is 1. The lowest BCUT2D eigenvalue weighted by Crippen LogP contribution is -2.34. The molecule has 0 N–H and O–H groups in total. The third-order valence-electron chi connectivity index (χ3n) is 3.86. The number of carbonyl (C=O) groups excluding carboxylic acids is 3. The lowest BCUT2D eigenvalue weighted by atomic mass is 9.69. The van der Waals surface area contributed by atoms with Crippen LogP contribution in [0, 0.1) is 37.0 Å². The summed E-state index contributed by atoms with van der Waals surface area (Å²) < 4.78 is 4.60. The van der Waals surface area contributed by atoms with E-state index >= 15 is 0 Å². The summed E-state index contributed by atoms with van der Waals surface area (Å²) >= 11 is 0. The van der Waals surface area contributed by atoms with Crippen LogP contribution in [0.4, 0.5) is 0 Å². The molecule has 0 aromatic carbocycles. The highest BCUT2D eigenvalue weighted by atomic mass is 16.5. The first kappa shape index (κ1) is 15.9. The number of ketones is 2. The summed E-state index contributed by atoms with van der Waals surface area (Å²) in [5, 5.41) is 0. The molecule has 4 nitrogen and oxygen atoms in total. The van der Waals surface area contributed by atoms with E-state index in [0.717, 1.165) is 12.8 Å². The second-order valence-electron chi connectivity index (χ2n) is 5.19. The van der Waals surface area contributed by atoms with Crippen molar-refractivity contribution in [3.63, 3.8) is 0 Å². The average molecular weight is 265 g/mol. The number of ether oxygens (including phenoxy) is 1. The van der Waals surface area contributed by atoms with Gasteiger partial charge >= 0.3 is 5.97 Å². The molecule has 0 bridgehead atoms. The van der Waals surface area contributed by atoms with Crippen LogP contribution in [0.15, 0.2) is 0 Å². The topological polar surface area (TPSA) is 60.4 Å². The van der Waals surface area contributed by atoms with Crippen LogP contribution in [0.1, 0.15) is 33.1 Å². The molecule has 1 aliphatic rings. The van der Waals surface area contributed by atoms with Crippen molar-refractivity contribution in [1.82, 2.24) is 0 Å². The molecule has 4 heteroatoms. The summed E-state index contributed by atoms with van der Waals surface area (Å²) in [6.45, 7) is 6.76. The first-order valence-electron chi connectivity index (χ1n) is 6.49. The monoisotopic (exact) mass is 265 g/mol. The number of carbonyl (C=O) groups is 3. The predicted molar refractivity (Wildman–Crippen MR) is 70.6 cm³/mol. The minimum Gasteiger partial charge on any atom is -0.469 e. The Morgan fingerprint density at radius 1 is 1.16 bits per heavy atom. The van der Waals surface area contributed by atoms with Gasteiger partial charge in [-0.15, -0.1) is 0 Å². The van der Waals surface area contributed by atoms with E-state index in [1.54, 1.807) is 13.3 Å². The van der Waals surface area contributed by atoms with Gasteiger partial charge < -0.3 is 4.74 Å². The van der Waals surface area contributed by atoms with Crippen molar-refractivity contribution >= 4 is 17.5 Å². The molecule has 1 saturated carbocycles. The Morgan fingerprint density at radius 3 is 2.26 bits per heavy atom. The lowest BCUT2D eigenvalue weighted by Gasteiger charge is -2.34. The van der Waals surface area contributed by atoms with Crippen LogP contribution in [0.3, 0.4) is 0 Å². The number of methoxy groups -OCH3 is 1. The van der Waals surface area contributed by atoms with Crippen LogP contribution < -0.4 is 0 Å². The zero-order valence-corrected chi connectivity index (χ0v) is 11.8. The van der Waals surface area contributed by atoms with Crippen LogP contribution in [-0.2, 0) is 19.1 Å². The minimum absolute atomic E-state index is 0.0281. The zero-order chi connectivity index (χ0) is 14.6. The SMILES string of the molecule is [CH2][C]([CH][C@H]1CC[C@H](C(C)=O)C[C@@H]1C(C)=O)C(=O)OC. The lowest BCUT2D eigenvalue weighted by molar-refractivity contribution is -0.138. The minimum atomic E-state index is -0.476. The summed E-state index contributed by atoms with van der Waals surface area (Å²) in [6, 6.07) is 0. The van der Waals surface area contributed by atoms with E-state index in [1.807, 2.05) is 0 Å². The molecular weight excluding hydrogens is 244 g/mol. The fraction of sp³-hybridized carbons (Fsp3) is 0.600. The van der Waals surface area contributed by atoms with Crippen molar-refractivity contribution in [2.75, 3.05) is 7.11 Å². The highest BCUT2D eigenvalue weighted by Gasteiger charge is 2.36. The molecule has 0 spiro atoms. The first-order valence-corrected chi connectivity index (χ1v) is 6.49. The standard InChI is InChI=1S/C15H21O4/c1-9(15(18)19-4)7-13-6-5-12(10(2)16)8-14(13)11(3)17/h7,12-14H,1,5-6,8H2,2-4H3/t12-,13+,14+/m0/s1. The largest absolute Gasteiger partial charge is 0.469 e. The Labute approximate surface area is 114 Å². The summed E-state index contributed by atoms with van der Waals surface area (Å²) in [7, 11) is 1.30. The van der Waals surface area contributed by atoms with E-state index in [9.17, 15) is 14.4 Å². The van der Waals surface area contributed by atoms with Crippen LogP contribution in [-0.4, -0.2) is 24.6 Å². The third kappa shape index (κ3) is 4.15. The van der Waals surface area contributed by atoms with Gasteiger partial charge in [0.05, 0.1) is 13.0 Å². The van der Waals surface area contributed by atoms with Crippen LogP contribution in [0.25, 0.3) is 0 Å². The second-order valence-corrected chi connectivity index (χ2v) is 5.19. The second kappa shape index (κ2) is 6.83. The molecule has 1 aliphatic carbocycles. The van der Waals surface area contributed by atoms with Gasteiger partial charge in [-0.3, -0.25) is 14.4 Å². The number of hydrogen-bond acceptors (Lipinski definition) is 4. The van der Waals surface area contributed by atoms with Gasteiger partial charge in [0.1, 0.15) is 11.6 Å². The molecule has 1 rings (SSSR count). The maximum absolute atomic E-state index is 11.7. The van der Waals surface area contributed by atoms with Crippen molar-refractivity contribution in [3.05, 3.63) is 19.3 Å². The van der Waals surface area contributed by atoms with Crippen molar-refractivity contribution < 1.29 is 19.1 Å². The Morgan fingerprint density at radius 2 is 1.79 bits per heavy atom. The molecule has 0 aromatic rings. The van der Waals surface area contributed by atoms with Crippen LogP contribution >= 0.6 is 0 Å². The van der Waals surface area contributed by atoms with Gasteiger partial charge in [-0.25, -0.2) is 0 Å². The molecule has 0 aromatic heterocycles. The quantitative estimate of drug-likeness (QED) is 0.713. The summed E-state index contributed by atoms with van der Waals surface area (Å²) in [6.07, 6.45) is 3.77. The van der Waals surface area contributed by atoms with E-state index < -0.39 is 5.97 Å². The number of rotatable bonds is 5. The van der Waals surface area contributed by atoms with E-state index in [4.69, 9.17) is 0 Å². The smallest absolute Gasteiger partial charge is 0.313 e. The number of Topliss-reactive ketones (excluding diaryl/α,β-unsaturated/α-hetero) is 2. The average Bonchev–Trinajstić information content (AvgIpc) is 2.37. The fourth-order valence-corrected chi connectivity index (χ4v) is 2.69. The molecule has 0 unspecified atom stereocenters. The fourth-order valence-electron chi connectivity index (χ4n) is 2.69. The van der Waals surface area contributed by atoms with Crippen LogP contribution in [0.2, 0.25) is 0 Å². The van der Waals surface area contributed by atoms with Gasteiger partial charge in [0, 0.05) is 11.8 Å². The van der Waals surface area contributed by atoms with Crippen LogP contribution in [0.5, 0.6) is 0 Å². The predicted octanol–water partition coefficient (Wildman–Crippen LogP) is 1.98. The van der Waals surface area contributed by atoms with Gasteiger partial charge in [0.2, 0.25) is 0 Å². The van der Waals surface area contributed by atoms with Gasteiger partial charge in [0.25, 0.3) is 0 Å². The molecule has 3 radical (unpaired) electrons. The maximum atomic E-state index is 11.7. The van der Waals surface area contributed by atoms with Gasteiger partial charge in [-0.2, -0.15) is 0 Å². The van der Waals surface area contributed by atoms with Gasteiger partial charge in [-0.1, -0.05) is 0 Å². The highest BCUT2D eigenvalue weighted by Crippen LogP contribution is 2.38. The molecule has 0 amide bonds. The molecule has 1 fully saturated rings. The molecular formula is C15H21O4. The summed E-state index contributed by atoms with van der Waals surface area (Å²) in [4.78, 5) is 34.5. The molecule has 105 valence electrons. The Kier molecular flexibility index (Phi) is 5.70. The van der Waals surface area contributed by atoms with Gasteiger partial charge in [-0.05, 0) is 52.4 Å². The maximum Gasteiger partial charge on any atom is 0.313 e. The zero-order valence-electron chi connectivity index (χ0n) is 11.8. The number of hydrogen-bond donors (Lipinski definition) is 0. The van der Waals surface area contributed by atoms with Crippen molar-refractivity contribution in [3.8, 4) is 0 Å². The van der Waals surface area contributed by atoms with E-state index in [1.165, 1.54) is 14.0 Å². The summed E-state index contributed by atoms with van der Waals surface area (Å²) in [5.41, 5.74) is 0. The molecule has 0 heterocycles. The molecule has 19 heavy (non-hydrogen) atoms. The van der Waals surface area contributed by atoms with E-state index in [-0.39, 0.29) is 35.2 Å². The Hall–Kier alpha value is -1.19.